The molecule has 71 valence electrons. The molecule has 1 aliphatic heterocycles. The summed E-state index contributed by atoms with van der Waals surface area (Å²) in [6.45, 7) is -0.566. The Labute approximate surface area is 68.6 Å². The lowest BCUT2D eigenvalue weighted by molar-refractivity contribution is -0.303. The van der Waals surface area contributed by atoms with Gasteiger partial charge in [0.1, 0.15) is 24.4 Å². The van der Waals surface area contributed by atoms with Crippen LogP contribution in [0.15, 0.2) is 0 Å². The molecule has 1 aliphatic rings. The average molecular weight is 179 g/mol. The fraction of sp³-hybridized carbons (Fsp3) is 1.00. The van der Waals surface area contributed by atoms with Crippen LogP contribution in [0.3, 0.4) is 0 Å². The molecule has 1 fully saturated rings. The van der Waals surface area contributed by atoms with E-state index in [-0.39, 0.29) is 0 Å². The van der Waals surface area contributed by atoms with Gasteiger partial charge >= 0.3 is 0 Å². The number of aliphatic hydroxyl groups is 4. The molecule has 0 saturated carbocycles. The lowest BCUT2D eigenvalue weighted by atomic mass is 10.00. The summed E-state index contributed by atoms with van der Waals surface area (Å²) in [6, 6.07) is 0. The van der Waals surface area contributed by atoms with Crippen LogP contribution in [0.1, 0.15) is 0 Å². The highest BCUT2D eigenvalue weighted by Gasteiger charge is 2.43. The van der Waals surface area contributed by atoms with E-state index in [0.29, 0.717) is 0 Å². The second-order valence-corrected chi connectivity index (χ2v) is 2.70. The Morgan fingerprint density at radius 2 is 1.67 bits per heavy atom. The Morgan fingerprint density at radius 1 is 1.08 bits per heavy atom. The van der Waals surface area contributed by atoms with Gasteiger partial charge in [0.15, 0.2) is 0 Å². The molecule has 0 amide bonds. The summed E-state index contributed by atoms with van der Waals surface area (Å²) in [7, 11) is 0. The van der Waals surface area contributed by atoms with Gasteiger partial charge < -0.3 is 25.2 Å². The largest absolute Gasteiger partial charge is 0.394 e. The van der Waals surface area contributed by atoms with Crippen molar-refractivity contribution in [2.45, 2.75) is 30.7 Å². The number of aliphatic hydroxyl groups excluding tert-OH is 4. The topological polar surface area (TPSA) is 110 Å². The first-order valence-corrected chi connectivity index (χ1v) is 3.54. The van der Waals surface area contributed by atoms with Crippen LogP contribution in [0.5, 0.6) is 0 Å². The Balaban J connectivity index is 2.63. The Kier molecular flexibility index (Phi) is 2.99. The van der Waals surface area contributed by atoms with Gasteiger partial charge in [-0.15, -0.1) is 0 Å². The molecule has 0 unspecified atom stereocenters. The summed E-state index contributed by atoms with van der Waals surface area (Å²) in [5.74, 6) is 0. The third kappa shape index (κ3) is 1.58. The van der Waals surface area contributed by atoms with E-state index in [1.54, 1.807) is 0 Å². The molecule has 0 aromatic heterocycles. The van der Waals surface area contributed by atoms with Crippen LogP contribution in [0.25, 0.3) is 0 Å². The molecule has 0 aromatic rings. The van der Waals surface area contributed by atoms with Gasteiger partial charge in [-0.1, -0.05) is 0 Å². The summed E-state index contributed by atoms with van der Waals surface area (Å²) in [5, 5.41) is 46.3. The van der Waals surface area contributed by atoms with Gasteiger partial charge in [0, 0.05) is 0 Å². The first kappa shape index (κ1) is 9.85. The monoisotopic (exact) mass is 179 g/mol. The molecular formula is C6H11O6. The zero-order chi connectivity index (χ0) is 9.30. The van der Waals surface area contributed by atoms with E-state index in [1.807, 2.05) is 0 Å². The number of hydrogen-bond donors (Lipinski definition) is 4. The minimum atomic E-state index is -1.82. The number of hydrogen-bond acceptors (Lipinski definition) is 5. The van der Waals surface area contributed by atoms with Crippen molar-refractivity contribution >= 4 is 0 Å². The first-order chi connectivity index (χ1) is 5.57. The third-order valence-corrected chi connectivity index (χ3v) is 1.85. The normalized spacial score (nSPS) is 49.2. The van der Waals surface area contributed by atoms with Crippen LogP contribution in [0.4, 0.5) is 0 Å². The molecule has 1 heterocycles. The molecule has 1 rings (SSSR count). The number of ether oxygens (including phenoxy) is 1. The highest BCUT2D eigenvalue weighted by Crippen LogP contribution is 2.19. The lowest BCUT2D eigenvalue weighted by Gasteiger charge is -2.36. The van der Waals surface area contributed by atoms with Crippen molar-refractivity contribution in [2.75, 3.05) is 6.61 Å². The van der Waals surface area contributed by atoms with Crippen molar-refractivity contribution in [3.8, 4) is 0 Å². The first-order valence-electron chi connectivity index (χ1n) is 3.54. The summed E-state index contributed by atoms with van der Waals surface area (Å²) in [5.41, 5.74) is 0. The lowest BCUT2D eigenvalue weighted by Crippen LogP contribution is -2.58. The van der Waals surface area contributed by atoms with E-state index in [2.05, 4.69) is 4.74 Å². The average Bonchev–Trinajstić information content (AvgIpc) is 2.08. The maximum absolute atomic E-state index is 10.7. The Hall–Kier alpha value is -0.240. The molecule has 0 spiro atoms. The van der Waals surface area contributed by atoms with Crippen molar-refractivity contribution in [2.24, 2.45) is 0 Å². The van der Waals surface area contributed by atoms with Crippen LogP contribution in [0, 0.1) is 0 Å². The highest BCUT2D eigenvalue weighted by atomic mass is 16.6. The molecule has 1 saturated heterocycles. The minimum absolute atomic E-state index is 0.566. The fourth-order valence-electron chi connectivity index (χ4n) is 1.07. The van der Waals surface area contributed by atoms with Gasteiger partial charge in [0.25, 0.3) is 0 Å². The van der Waals surface area contributed by atoms with Gasteiger partial charge in [-0.25, -0.2) is 0 Å². The third-order valence-electron chi connectivity index (χ3n) is 1.85. The molecular weight excluding hydrogens is 168 g/mol. The van der Waals surface area contributed by atoms with E-state index < -0.39 is 37.3 Å². The summed E-state index contributed by atoms with van der Waals surface area (Å²) in [4.78, 5) is 0. The van der Waals surface area contributed by atoms with E-state index in [0.717, 1.165) is 0 Å². The van der Waals surface area contributed by atoms with Crippen LogP contribution < -0.4 is 0 Å². The SMILES string of the molecule is [O][C@@H]1O[C@H](CO)[C@@H](O)[C@@H](O)[C@H]1O. The molecule has 0 aliphatic carbocycles. The van der Waals surface area contributed by atoms with E-state index in [9.17, 15) is 5.11 Å². The smallest absolute Gasteiger partial charge is 0.220 e. The zero-order valence-electron chi connectivity index (χ0n) is 6.20. The van der Waals surface area contributed by atoms with Crippen LogP contribution in [-0.2, 0) is 9.84 Å². The van der Waals surface area contributed by atoms with Crippen LogP contribution in [0.2, 0.25) is 0 Å². The maximum atomic E-state index is 10.7. The fourth-order valence-corrected chi connectivity index (χ4v) is 1.07. The summed E-state index contributed by atoms with van der Waals surface area (Å²) < 4.78 is 4.46. The van der Waals surface area contributed by atoms with Crippen molar-refractivity contribution < 1.29 is 30.3 Å². The molecule has 4 N–H and O–H groups in total. The van der Waals surface area contributed by atoms with Crippen molar-refractivity contribution in [1.82, 2.24) is 0 Å². The quantitative estimate of drug-likeness (QED) is 0.348. The van der Waals surface area contributed by atoms with Gasteiger partial charge in [0.2, 0.25) is 6.29 Å². The Bertz CT molecular complexity index is 146. The van der Waals surface area contributed by atoms with E-state index in [1.165, 1.54) is 0 Å². The molecule has 12 heavy (non-hydrogen) atoms. The minimum Gasteiger partial charge on any atom is -0.394 e. The van der Waals surface area contributed by atoms with Crippen molar-refractivity contribution in [1.29, 1.82) is 0 Å². The van der Waals surface area contributed by atoms with Gasteiger partial charge in [0.05, 0.1) is 6.61 Å². The van der Waals surface area contributed by atoms with Crippen LogP contribution >= 0.6 is 0 Å². The molecule has 0 bridgehead atoms. The van der Waals surface area contributed by atoms with Crippen molar-refractivity contribution in [3.05, 3.63) is 0 Å². The zero-order valence-corrected chi connectivity index (χ0v) is 6.20. The molecule has 6 nitrogen and oxygen atoms in total. The predicted octanol–water partition coefficient (Wildman–Crippen LogP) is -2.78. The molecule has 6 heteroatoms. The molecule has 0 aromatic carbocycles. The summed E-state index contributed by atoms with van der Waals surface area (Å²) >= 11 is 0. The number of rotatable bonds is 1. The van der Waals surface area contributed by atoms with Crippen LogP contribution in [-0.4, -0.2) is 57.7 Å². The highest BCUT2D eigenvalue weighted by molar-refractivity contribution is 4.87. The second-order valence-electron chi connectivity index (χ2n) is 2.70. The molecule has 1 radical (unpaired) electrons. The van der Waals surface area contributed by atoms with E-state index >= 15 is 0 Å². The van der Waals surface area contributed by atoms with Gasteiger partial charge in [-0.2, -0.15) is 5.11 Å². The Morgan fingerprint density at radius 3 is 2.17 bits per heavy atom. The van der Waals surface area contributed by atoms with E-state index in [4.69, 9.17) is 20.4 Å². The maximum Gasteiger partial charge on any atom is 0.220 e. The standard InChI is InChI=1S/C6H11O6/c7-1-2-3(8)4(9)5(10)6(11)12-2/h2-10H,1H2/t2-,3-,4-,5-,6-/m1/s1. The summed E-state index contributed by atoms with van der Waals surface area (Å²) in [6.07, 6.45) is -7.57. The molecule has 5 atom stereocenters. The second kappa shape index (κ2) is 3.65. The van der Waals surface area contributed by atoms with Gasteiger partial charge in [-0.3, -0.25) is 0 Å². The van der Waals surface area contributed by atoms with Gasteiger partial charge in [-0.05, 0) is 0 Å². The van der Waals surface area contributed by atoms with Crippen molar-refractivity contribution in [3.63, 3.8) is 0 Å². The predicted molar refractivity (Wildman–Crippen MR) is 34.5 cm³/mol.